The second-order valence-corrected chi connectivity index (χ2v) is 4.28. The molecule has 0 unspecified atom stereocenters. The van der Waals surface area contributed by atoms with Gasteiger partial charge in [0.25, 0.3) is 0 Å². The molecule has 0 aromatic carbocycles. The van der Waals surface area contributed by atoms with Crippen LogP contribution >= 0.6 is 23.2 Å². The predicted octanol–water partition coefficient (Wildman–Crippen LogP) is 2.63. The van der Waals surface area contributed by atoms with Crippen LogP contribution in [0.1, 0.15) is 27.2 Å². The SMILES string of the molecule is CCC(CCl)(CCl)NCCOC(C)C. The van der Waals surface area contributed by atoms with Crippen LogP contribution in [0, 0.1) is 0 Å². The van der Waals surface area contributed by atoms with E-state index in [0.29, 0.717) is 18.4 Å². The van der Waals surface area contributed by atoms with Crippen molar-refractivity contribution in [1.82, 2.24) is 5.32 Å². The van der Waals surface area contributed by atoms with Gasteiger partial charge in [0.1, 0.15) is 0 Å². The van der Waals surface area contributed by atoms with Gasteiger partial charge in [-0.05, 0) is 20.3 Å². The van der Waals surface area contributed by atoms with E-state index < -0.39 is 0 Å². The summed E-state index contributed by atoms with van der Waals surface area (Å²) in [6, 6.07) is 0. The molecule has 0 saturated carbocycles. The second kappa shape index (κ2) is 7.75. The Morgan fingerprint density at radius 3 is 2.21 bits per heavy atom. The van der Waals surface area contributed by atoms with Crippen molar-refractivity contribution in [3.8, 4) is 0 Å². The first-order valence-corrected chi connectivity index (χ1v) is 6.15. The first-order valence-electron chi connectivity index (χ1n) is 5.08. The average Bonchev–Trinajstić information content (AvgIpc) is 2.19. The number of rotatable bonds is 8. The van der Waals surface area contributed by atoms with Gasteiger partial charge in [0.15, 0.2) is 0 Å². The van der Waals surface area contributed by atoms with Crippen LogP contribution in [0.2, 0.25) is 0 Å². The topological polar surface area (TPSA) is 21.3 Å². The molecule has 4 heteroatoms. The van der Waals surface area contributed by atoms with E-state index in [1.165, 1.54) is 0 Å². The van der Waals surface area contributed by atoms with Crippen molar-refractivity contribution in [3.05, 3.63) is 0 Å². The summed E-state index contributed by atoms with van der Waals surface area (Å²) >= 11 is 11.8. The van der Waals surface area contributed by atoms with Gasteiger partial charge in [0.2, 0.25) is 0 Å². The standard InChI is InChI=1S/C10H21Cl2NO/c1-4-10(7-11,8-12)13-5-6-14-9(2)3/h9,13H,4-8H2,1-3H3. The molecule has 1 N–H and O–H groups in total. The van der Waals surface area contributed by atoms with Gasteiger partial charge in [0.05, 0.1) is 12.7 Å². The molecular formula is C10H21Cl2NO. The van der Waals surface area contributed by atoms with Crippen LogP contribution in [0.15, 0.2) is 0 Å². The fraction of sp³-hybridized carbons (Fsp3) is 1.00. The first-order chi connectivity index (χ1) is 6.60. The zero-order chi connectivity index (χ0) is 11.0. The van der Waals surface area contributed by atoms with Crippen LogP contribution < -0.4 is 5.32 Å². The minimum atomic E-state index is -0.135. The van der Waals surface area contributed by atoms with E-state index in [2.05, 4.69) is 12.2 Å². The van der Waals surface area contributed by atoms with E-state index in [4.69, 9.17) is 27.9 Å². The van der Waals surface area contributed by atoms with Gasteiger partial charge in [0, 0.05) is 23.8 Å². The number of hydrogen-bond donors (Lipinski definition) is 1. The highest BCUT2D eigenvalue weighted by Gasteiger charge is 2.24. The predicted molar refractivity (Wildman–Crippen MR) is 63.6 cm³/mol. The number of ether oxygens (including phenoxy) is 1. The lowest BCUT2D eigenvalue weighted by Gasteiger charge is -2.29. The van der Waals surface area contributed by atoms with E-state index in [9.17, 15) is 0 Å². The van der Waals surface area contributed by atoms with E-state index in [1.807, 2.05) is 13.8 Å². The van der Waals surface area contributed by atoms with Gasteiger partial charge in [-0.2, -0.15) is 0 Å². The third kappa shape index (κ3) is 5.40. The number of hydrogen-bond acceptors (Lipinski definition) is 2. The van der Waals surface area contributed by atoms with Crippen molar-refractivity contribution >= 4 is 23.2 Å². The Morgan fingerprint density at radius 1 is 1.29 bits per heavy atom. The Balaban J connectivity index is 3.71. The third-order valence-corrected chi connectivity index (χ3v) is 3.26. The van der Waals surface area contributed by atoms with Crippen molar-refractivity contribution in [2.24, 2.45) is 0 Å². The largest absolute Gasteiger partial charge is 0.377 e. The Hall–Kier alpha value is 0.500. The van der Waals surface area contributed by atoms with Gasteiger partial charge >= 0.3 is 0 Å². The summed E-state index contributed by atoms with van der Waals surface area (Å²) in [6.07, 6.45) is 1.21. The quantitative estimate of drug-likeness (QED) is 0.522. The summed E-state index contributed by atoms with van der Waals surface area (Å²) in [5, 5.41) is 3.35. The van der Waals surface area contributed by atoms with Gasteiger partial charge in [-0.15, -0.1) is 23.2 Å². The highest BCUT2D eigenvalue weighted by Crippen LogP contribution is 2.14. The molecule has 0 rings (SSSR count). The first kappa shape index (κ1) is 14.5. The molecule has 0 amide bonds. The molecule has 0 aromatic rings. The lowest BCUT2D eigenvalue weighted by Crippen LogP contribution is -2.49. The maximum Gasteiger partial charge on any atom is 0.0594 e. The summed E-state index contributed by atoms with van der Waals surface area (Å²) in [5.41, 5.74) is -0.135. The minimum Gasteiger partial charge on any atom is -0.377 e. The van der Waals surface area contributed by atoms with Crippen LogP contribution in [-0.4, -0.2) is 36.6 Å². The molecule has 0 aliphatic rings. The molecule has 0 aliphatic heterocycles. The molecule has 86 valence electrons. The highest BCUT2D eigenvalue weighted by molar-refractivity contribution is 6.22. The molecule has 0 radical (unpaired) electrons. The maximum atomic E-state index is 5.88. The molecule has 0 heterocycles. The average molecular weight is 242 g/mol. The molecule has 0 aromatic heterocycles. The van der Waals surface area contributed by atoms with Crippen molar-refractivity contribution < 1.29 is 4.74 Å². The lowest BCUT2D eigenvalue weighted by molar-refractivity contribution is 0.0770. The van der Waals surface area contributed by atoms with Crippen LogP contribution in [0.5, 0.6) is 0 Å². The zero-order valence-electron chi connectivity index (χ0n) is 9.28. The van der Waals surface area contributed by atoms with Crippen LogP contribution in [0.25, 0.3) is 0 Å². The van der Waals surface area contributed by atoms with Gasteiger partial charge < -0.3 is 10.1 Å². The Kier molecular flexibility index (Phi) is 8.02. The fourth-order valence-corrected chi connectivity index (χ4v) is 1.91. The smallest absolute Gasteiger partial charge is 0.0594 e. The maximum absolute atomic E-state index is 5.88. The van der Waals surface area contributed by atoms with E-state index in [1.54, 1.807) is 0 Å². The van der Waals surface area contributed by atoms with Crippen molar-refractivity contribution in [2.45, 2.75) is 38.8 Å². The summed E-state index contributed by atoms with van der Waals surface area (Å²) in [7, 11) is 0. The monoisotopic (exact) mass is 241 g/mol. The summed E-state index contributed by atoms with van der Waals surface area (Å²) in [4.78, 5) is 0. The van der Waals surface area contributed by atoms with E-state index in [-0.39, 0.29) is 11.6 Å². The number of halogens is 2. The molecule has 14 heavy (non-hydrogen) atoms. The third-order valence-electron chi connectivity index (χ3n) is 2.24. The fourth-order valence-electron chi connectivity index (χ4n) is 1.06. The molecule has 0 spiro atoms. The summed E-state index contributed by atoms with van der Waals surface area (Å²) in [6.45, 7) is 7.63. The molecule has 0 aliphatic carbocycles. The molecule has 0 atom stereocenters. The number of nitrogens with one attached hydrogen (secondary N) is 1. The number of alkyl halides is 2. The van der Waals surface area contributed by atoms with E-state index >= 15 is 0 Å². The van der Waals surface area contributed by atoms with Crippen LogP contribution in [0.4, 0.5) is 0 Å². The molecule has 0 fully saturated rings. The van der Waals surface area contributed by atoms with Crippen LogP contribution in [-0.2, 0) is 4.74 Å². The molecule has 0 saturated heterocycles. The molecule has 2 nitrogen and oxygen atoms in total. The zero-order valence-corrected chi connectivity index (χ0v) is 10.8. The summed E-state index contributed by atoms with van der Waals surface area (Å²) in [5.74, 6) is 1.07. The second-order valence-electron chi connectivity index (χ2n) is 3.75. The molecule has 0 bridgehead atoms. The lowest BCUT2D eigenvalue weighted by atomic mass is 10.0. The normalized spacial score (nSPS) is 12.4. The van der Waals surface area contributed by atoms with Gasteiger partial charge in [-0.25, -0.2) is 0 Å². The van der Waals surface area contributed by atoms with Crippen molar-refractivity contribution in [1.29, 1.82) is 0 Å². The van der Waals surface area contributed by atoms with Crippen molar-refractivity contribution in [2.75, 3.05) is 24.9 Å². The molecular weight excluding hydrogens is 221 g/mol. The van der Waals surface area contributed by atoms with Crippen LogP contribution in [0.3, 0.4) is 0 Å². The van der Waals surface area contributed by atoms with Gasteiger partial charge in [-0.1, -0.05) is 6.92 Å². The highest BCUT2D eigenvalue weighted by atomic mass is 35.5. The van der Waals surface area contributed by atoms with Gasteiger partial charge in [-0.3, -0.25) is 0 Å². The van der Waals surface area contributed by atoms with E-state index in [0.717, 1.165) is 13.0 Å². The minimum absolute atomic E-state index is 0.135. The summed E-state index contributed by atoms with van der Waals surface area (Å²) < 4.78 is 5.42. The van der Waals surface area contributed by atoms with Crippen molar-refractivity contribution in [3.63, 3.8) is 0 Å². The Labute approximate surface area is 97.3 Å². The Morgan fingerprint density at radius 2 is 1.86 bits per heavy atom. The Bertz CT molecular complexity index is 130.